The topological polar surface area (TPSA) is 43.8 Å². The molecular weight excluding hydrogens is 290 g/mol. The van der Waals surface area contributed by atoms with Crippen molar-refractivity contribution in [3.8, 4) is 0 Å². The molecule has 0 saturated carbocycles. The molecule has 2 rings (SSSR count). The number of benzene rings is 1. The maximum Gasteiger partial charge on any atom is 0.256 e. The number of amides is 1. The van der Waals surface area contributed by atoms with Gasteiger partial charge in [-0.15, -0.1) is 0 Å². The summed E-state index contributed by atoms with van der Waals surface area (Å²) in [5.41, 5.74) is -0.887. The number of likely N-dealkylation sites (N-methyl/N-ethyl adjacent to an activating group) is 1. The fourth-order valence-electron chi connectivity index (χ4n) is 2.78. The first-order valence-electron chi connectivity index (χ1n) is 7.50. The highest BCUT2D eigenvalue weighted by molar-refractivity contribution is 5.86. The van der Waals surface area contributed by atoms with Gasteiger partial charge in [-0.25, -0.2) is 8.78 Å². The molecule has 0 spiro atoms. The molecular formula is C16H22F2N2O2. The molecule has 4 nitrogen and oxygen atoms in total. The lowest BCUT2D eigenvalue weighted by atomic mass is 9.91. The Morgan fingerprint density at radius 3 is 2.73 bits per heavy atom. The van der Waals surface area contributed by atoms with Crippen molar-refractivity contribution >= 4 is 5.91 Å². The molecule has 6 heteroatoms. The number of carbonyl (C=O) groups excluding carboxylic acids is 1. The average Bonchev–Trinajstić information content (AvgIpc) is 2.48. The van der Waals surface area contributed by atoms with E-state index in [4.69, 9.17) is 0 Å². The minimum atomic E-state index is -1.40. The Bertz CT molecular complexity index is 553. The number of halogens is 2. The van der Waals surface area contributed by atoms with Gasteiger partial charge in [-0.3, -0.25) is 4.79 Å². The molecule has 1 heterocycles. The zero-order chi connectivity index (χ0) is 16.3. The molecule has 1 aromatic rings. The van der Waals surface area contributed by atoms with Crippen LogP contribution in [-0.4, -0.2) is 53.1 Å². The average molecular weight is 312 g/mol. The van der Waals surface area contributed by atoms with Crippen LogP contribution in [0.2, 0.25) is 0 Å². The van der Waals surface area contributed by atoms with E-state index in [-0.39, 0.29) is 19.0 Å². The minimum Gasteiger partial charge on any atom is -0.379 e. The first kappa shape index (κ1) is 16.8. The first-order valence-corrected chi connectivity index (χ1v) is 7.50. The van der Waals surface area contributed by atoms with Crippen molar-refractivity contribution in [1.82, 2.24) is 9.80 Å². The zero-order valence-electron chi connectivity index (χ0n) is 13.0. The van der Waals surface area contributed by atoms with Crippen LogP contribution >= 0.6 is 0 Å². The van der Waals surface area contributed by atoms with Gasteiger partial charge in [0.25, 0.3) is 5.91 Å². The Balaban J connectivity index is 2.11. The molecule has 1 fully saturated rings. The highest BCUT2D eigenvalue weighted by Gasteiger charge is 2.42. The lowest BCUT2D eigenvalue weighted by molar-refractivity contribution is -0.159. The van der Waals surface area contributed by atoms with E-state index in [1.54, 1.807) is 0 Å². The smallest absolute Gasteiger partial charge is 0.256 e. The van der Waals surface area contributed by atoms with E-state index in [1.807, 2.05) is 18.9 Å². The number of aliphatic hydroxyl groups is 1. The van der Waals surface area contributed by atoms with E-state index in [0.29, 0.717) is 24.9 Å². The van der Waals surface area contributed by atoms with Crippen LogP contribution in [0.5, 0.6) is 0 Å². The number of rotatable bonds is 5. The molecule has 0 aromatic heterocycles. The molecule has 0 radical (unpaired) electrons. The quantitative estimate of drug-likeness (QED) is 0.901. The number of nitrogens with zero attached hydrogens (tertiary/aromatic N) is 2. The van der Waals surface area contributed by atoms with Crippen LogP contribution in [0.1, 0.15) is 25.3 Å². The fraction of sp³-hybridized carbons (Fsp3) is 0.562. The predicted molar refractivity (Wildman–Crippen MR) is 79.1 cm³/mol. The summed E-state index contributed by atoms with van der Waals surface area (Å²) >= 11 is 0. The van der Waals surface area contributed by atoms with Gasteiger partial charge in [-0.05, 0) is 44.1 Å². The normalized spacial score (nSPS) is 22.5. The Hall–Kier alpha value is -1.53. The standard InChI is InChI=1S/C16H22F2N2O2/c1-3-19(2)11-16(22)7-4-8-20(15(16)21)10-12-5-6-13(17)14(18)9-12/h5-6,9,22H,3-4,7-8,10-11H2,1-2H3/t16-/m1/s1. The van der Waals surface area contributed by atoms with Crippen molar-refractivity contribution in [3.63, 3.8) is 0 Å². The fourth-order valence-corrected chi connectivity index (χ4v) is 2.78. The Kier molecular flexibility index (Phi) is 5.13. The monoisotopic (exact) mass is 312 g/mol. The van der Waals surface area contributed by atoms with Gasteiger partial charge in [-0.2, -0.15) is 0 Å². The summed E-state index contributed by atoms with van der Waals surface area (Å²) in [5, 5.41) is 10.6. The Labute approximate surface area is 129 Å². The lowest BCUT2D eigenvalue weighted by Gasteiger charge is -2.40. The van der Waals surface area contributed by atoms with Crippen LogP contribution in [0.15, 0.2) is 18.2 Å². The third-order valence-corrected chi connectivity index (χ3v) is 4.13. The third kappa shape index (κ3) is 3.62. The molecule has 122 valence electrons. The second kappa shape index (κ2) is 6.71. The maximum atomic E-state index is 13.3. The van der Waals surface area contributed by atoms with E-state index in [1.165, 1.54) is 11.0 Å². The van der Waals surface area contributed by atoms with E-state index in [2.05, 4.69) is 0 Å². The second-order valence-electron chi connectivity index (χ2n) is 5.94. The predicted octanol–water partition coefficient (Wildman–Crippen LogP) is 1.77. The third-order valence-electron chi connectivity index (χ3n) is 4.13. The van der Waals surface area contributed by atoms with Gasteiger partial charge in [0.05, 0.1) is 0 Å². The molecule has 1 aliphatic heterocycles. The molecule has 1 amide bonds. The van der Waals surface area contributed by atoms with Gasteiger partial charge < -0.3 is 14.9 Å². The maximum absolute atomic E-state index is 13.3. The van der Waals surface area contributed by atoms with Crippen molar-refractivity contribution in [3.05, 3.63) is 35.4 Å². The van der Waals surface area contributed by atoms with Crippen molar-refractivity contribution in [1.29, 1.82) is 0 Å². The zero-order valence-corrected chi connectivity index (χ0v) is 13.0. The summed E-state index contributed by atoms with van der Waals surface area (Å²) in [5.74, 6) is -2.18. The summed E-state index contributed by atoms with van der Waals surface area (Å²) in [6, 6.07) is 3.60. The second-order valence-corrected chi connectivity index (χ2v) is 5.94. The van der Waals surface area contributed by atoms with Crippen molar-refractivity contribution < 1.29 is 18.7 Å². The summed E-state index contributed by atoms with van der Waals surface area (Å²) in [6.07, 6.45) is 1.11. The van der Waals surface area contributed by atoms with Crippen molar-refractivity contribution in [2.24, 2.45) is 0 Å². The number of likely N-dealkylation sites (tertiary alicyclic amines) is 1. The molecule has 22 heavy (non-hydrogen) atoms. The van der Waals surface area contributed by atoms with Crippen LogP contribution in [-0.2, 0) is 11.3 Å². The van der Waals surface area contributed by atoms with E-state index >= 15 is 0 Å². The number of carbonyl (C=O) groups is 1. The highest BCUT2D eigenvalue weighted by atomic mass is 19.2. The number of hydrogen-bond acceptors (Lipinski definition) is 3. The summed E-state index contributed by atoms with van der Waals surface area (Å²) < 4.78 is 26.2. The number of hydrogen-bond donors (Lipinski definition) is 1. The summed E-state index contributed by atoms with van der Waals surface area (Å²) in [6.45, 7) is 3.65. The molecule has 0 unspecified atom stereocenters. The summed E-state index contributed by atoms with van der Waals surface area (Å²) in [7, 11) is 1.85. The molecule has 0 aliphatic carbocycles. The highest BCUT2D eigenvalue weighted by Crippen LogP contribution is 2.25. The lowest BCUT2D eigenvalue weighted by Crippen LogP contribution is -2.57. The minimum absolute atomic E-state index is 0.175. The van der Waals surface area contributed by atoms with Gasteiger partial charge >= 0.3 is 0 Å². The van der Waals surface area contributed by atoms with Gasteiger partial charge in [0.1, 0.15) is 0 Å². The molecule has 1 N–H and O–H groups in total. The SMILES string of the molecule is CCN(C)C[C@]1(O)CCCN(Cc2ccc(F)c(F)c2)C1=O. The van der Waals surface area contributed by atoms with E-state index in [0.717, 1.165) is 18.7 Å². The molecule has 1 saturated heterocycles. The van der Waals surface area contributed by atoms with Crippen LogP contribution in [0.3, 0.4) is 0 Å². The van der Waals surface area contributed by atoms with Crippen LogP contribution in [0, 0.1) is 11.6 Å². The van der Waals surface area contributed by atoms with Gasteiger partial charge in [0.15, 0.2) is 17.2 Å². The van der Waals surface area contributed by atoms with Gasteiger partial charge in [-0.1, -0.05) is 13.0 Å². The molecule has 0 bridgehead atoms. The molecule has 1 aliphatic rings. The molecule has 1 aromatic carbocycles. The van der Waals surface area contributed by atoms with E-state index < -0.39 is 17.2 Å². The Morgan fingerprint density at radius 1 is 1.36 bits per heavy atom. The largest absolute Gasteiger partial charge is 0.379 e. The molecule has 1 atom stereocenters. The Morgan fingerprint density at radius 2 is 2.09 bits per heavy atom. The van der Waals surface area contributed by atoms with Crippen LogP contribution < -0.4 is 0 Å². The van der Waals surface area contributed by atoms with E-state index in [9.17, 15) is 18.7 Å². The van der Waals surface area contributed by atoms with Crippen LogP contribution in [0.4, 0.5) is 8.78 Å². The van der Waals surface area contributed by atoms with Crippen molar-refractivity contribution in [2.75, 3.05) is 26.7 Å². The number of piperidine rings is 1. The summed E-state index contributed by atoms with van der Waals surface area (Å²) in [4.78, 5) is 15.9. The van der Waals surface area contributed by atoms with Gasteiger partial charge in [0.2, 0.25) is 0 Å². The first-order chi connectivity index (χ1) is 10.4. The van der Waals surface area contributed by atoms with Gasteiger partial charge in [0, 0.05) is 19.6 Å². The van der Waals surface area contributed by atoms with Crippen LogP contribution in [0.25, 0.3) is 0 Å². The van der Waals surface area contributed by atoms with Crippen molar-refractivity contribution in [2.45, 2.75) is 31.9 Å².